The van der Waals surface area contributed by atoms with Crippen molar-refractivity contribution < 1.29 is 22.7 Å². The molecule has 7 nitrogen and oxygen atoms in total. The topological polar surface area (TPSA) is 105 Å². The van der Waals surface area contributed by atoms with E-state index < -0.39 is 15.7 Å². The third-order valence-electron chi connectivity index (χ3n) is 3.20. The highest BCUT2D eigenvalue weighted by Crippen LogP contribution is 2.27. The molecule has 0 spiro atoms. The van der Waals surface area contributed by atoms with Crippen LogP contribution in [0.1, 0.15) is 5.56 Å². The van der Waals surface area contributed by atoms with Crippen LogP contribution in [0.4, 0.5) is 5.69 Å². The van der Waals surface area contributed by atoms with Crippen LogP contribution in [0.15, 0.2) is 47.4 Å². The fraction of sp³-hybridized carbons (Fsp3) is 0.176. The highest BCUT2D eigenvalue weighted by Gasteiger charge is 2.11. The molecule has 0 saturated heterocycles. The molecule has 0 unspecified atom stereocenters. The summed E-state index contributed by atoms with van der Waals surface area (Å²) in [7, 11) is -1.93. The molecule has 0 aliphatic heterocycles. The van der Waals surface area contributed by atoms with Gasteiger partial charge >= 0.3 is 0 Å². The van der Waals surface area contributed by atoms with Crippen molar-refractivity contribution >= 4 is 21.4 Å². The lowest BCUT2D eigenvalue weighted by Gasteiger charge is -2.11. The predicted octanol–water partition coefficient (Wildman–Crippen LogP) is 1.99. The summed E-state index contributed by atoms with van der Waals surface area (Å²) in [6, 6.07) is 12.5. The molecule has 130 valence electrons. The lowest BCUT2D eigenvalue weighted by molar-refractivity contribution is -0.118. The number of nitrogens with one attached hydrogen (secondary N) is 1. The number of methoxy groups -OCH3 is 1. The second kappa shape index (κ2) is 7.68. The van der Waals surface area contributed by atoms with Crippen LogP contribution in [0.5, 0.6) is 11.5 Å². The summed E-state index contributed by atoms with van der Waals surface area (Å²) >= 11 is 0. The molecule has 0 aromatic heterocycles. The molecule has 0 aliphatic carbocycles. The minimum absolute atomic E-state index is 0.111. The van der Waals surface area contributed by atoms with Crippen LogP contribution in [0.3, 0.4) is 0 Å². The maximum Gasteiger partial charge on any atom is 0.262 e. The van der Waals surface area contributed by atoms with E-state index in [1.165, 1.54) is 37.4 Å². The fourth-order valence-corrected chi connectivity index (χ4v) is 2.67. The first-order chi connectivity index (χ1) is 11.8. The van der Waals surface area contributed by atoms with Gasteiger partial charge < -0.3 is 14.8 Å². The van der Waals surface area contributed by atoms with E-state index in [0.29, 0.717) is 22.7 Å². The molecule has 25 heavy (non-hydrogen) atoms. The Labute approximate surface area is 145 Å². The number of ether oxygens (including phenoxy) is 2. The van der Waals surface area contributed by atoms with Gasteiger partial charge in [-0.15, -0.1) is 0 Å². The molecular formula is C17H16N2O5S. The zero-order chi connectivity index (χ0) is 18.4. The second-order valence-corrected chi connectivity index (χ2v) is 7.13. The van der Waals surface area contributed by atoms with E-state index in [1.807, 2.05) is 6.07 Å². The van der Waals surface area contributed by atoms with Gasteiger partial charge in [-0.2, -0.15) is 5.26 Å². The first-order valence-electron chi connectivity index (χ1n) is 7.14. The van der Waals surface area contributed by atoms with Gasteiger partial charge in [-0.25, -0.2) is 8.42 Å². The van der Waals surface area contributed by atoms with Crippen LogP contribution < -0.4 is 14.8 Å². The van der Waals surface area contributed by atoms with Crippen LogP contribution in [-0.4, -0.2) is 34.3 Å². The molecule has 0 atom stereocenters. The SMILES string of the molecule is COc1cc(C#N)ccc1OCC(=O)Nc1cccc(S(C)(=O)=O)c1. The minimum Gasteiger partial charge on any atom is -0.493 e. The van der Waals surface area contributed by atoms with E-state index in [2.05, 4.69) is 5.32 Å². The highest BCUT2D eigenvalue weighted by molar-refractivity contribution is 7.90. The van der Waals surface area contributed by atoms with Gasteiger partial charge in [0.1, 0.15) is 0 Å². The highest BCUT2D eigenvalue weighted by atomic mass is 32.2. The Kier molecular flexibility index (Phi) is 5.62. The Balaban J connectivity index is 2.03. The van der Waals surface area contributed by atoms with Crippen molar-refractivity contribution in [2.24, 2.45) is 0 Å². The van der Waals surface area contributed by atoms with Crippen molar-refractivity contribution in [3.05, 3.63) is 48.0 Å². The molecule has 0 fully saturated rings. The molecule has 2 aromatic carbocycles. The van der Waals surface area contributed by atoms with Crippen molar-refractivity contribution in [1.82, 2.24) is 0 Å². The van der Waals surface area contributed by atoms with Crippen LogP contribution in [0.2, 0.25) is 0 Å². The number of nitriles is 1. The Hall–Kier alpha value is -3.05. The second-order valence-electron chi connectivity index (χ2n) is 5.11. The zero-order valence-electron chi connectivity index (χ0n) is 13.6. The number of rotatable bonds is 6. The summed E-state index contributed by atoms with van der Waals surface area (Å²) in [6.07, 6.45) is 1.09. The molecule has 2 rings (SSSR count). The number of benzene rings is 2. The van der Waals surface area contributed by atoms with Gasteiger partial charge in [0.2, 0.25) is 0 Å². The van der Waals surface area contributed by atoms with Crippen LogP contribution >= 0.6 is 0 Å². The average molecular weight is 360 g/mol. The number of anilines is 1. The number of hydrogen-bond acceptors (Lipinski definition) is 6. The molecule has 1 amide bonds. The van der Waals surface area contributed by atoms with Gasteiger partial charge in [0.15, 0.2) is 27.9 Å². The third kappa shape index (κ3) is 4.96. The van der Waals surface area contributed by atoms with Gasteiger partial charge in [0.05, 0.1) is 23.6 Å². The normalized spacial score (nSPS) is 10.6. The maximum absolute atomic E-state index is 12.0. The van der Waals surface area contributed by atoms with Crippen molar-refractivity contribution in [3.63, 3.8) is 0 Å². The van der Waals surface area contributed by atoms with E-state index in [4.69, 9.17) is 14.7 Å². The number of amides is 1. The molecule has 8 heteroatoms. The first-order valence-corrected chi connectivity index (χ1v) is 9.03. The molecule has 0 saturated carbocycles. The van der Waals surface area contributed by atoms with Gasteiger partial charge in [-0.3, -0.25) is 4.79 Å². The number of carbonyl (C=O) groups excluding carboxylic acids is 1. The van der Waals surface area contributed by atoms with E-state index >= 15 is 0 Å². The van der Waals surface area contributed by atoms with Crippen LogP contribution in [0.25, 0.3) is 0 Å². The van der Waals surface area contributed by atoms with Crippen molar-refractivity contribution in [2.75, 3.05) is 25.3 Å². The summed E-state index contributed by atoms with van der Waals surface area (Å²) in [5, 5.41) is 11.4. The molecule has 0 aliphatic rings. The molecule has 2 aromatic rings. The standard InChI is InChI=1S/C17H16N2O5S/c1-23-16-8-12(10-18)6-7-15(16)24-11-17(20)19-13-4-3-5-14(9-13)25(2,21)22/h3-9H,11H2,1-2H3,(H,19,20). The lowest BCUT2D eigenvalue weighted by atomic mass is 10.2. The zero-order valence-corrected chi connectivity index (χ0v) is 14.5. The van der Waals surface area contributed by atoms with Gasteiger partial charge in [0, 0.05) is 18.0 Å². The number of nitrogens with zero attached hydrogens (tertiary/aromatic N) is 1. The number of sulfone groups is 1. The summed E-state index contributed by atoms with van der Waals surface area (Å²) in [4.78, 5) is 12.1. The Morgan fingerprint density at radius 2 is 1.96 bits per heavy atom. The van der Waals surface area contributed by atoms with Gasteiger partial charge in [0.25, 0.3) is 5.91 Å². The average Bonchev–Trinajstić information content (AvgIpc) is 2.59. The molecule has 0 heterocycles. The first kappa shape index (κ1) is 18.3. The number of hydrogen-bond donors (Lipinski definition) is 1. The van der Waals surface area contributed by atoms with Crippen LogP contribution in [0, 0.1) is 11.3 Å². The largest absolute Gasteiger partial charge is 0.493 e. The van der Waals surface area contributed by atoms with E-state index in [-0.39, 0.29) is 11.5 Å². The van der Waals surface area contributed by atoms with E-state index in [9.17, 15) is 13.2 Å². The van der Waals surface area contributed by atoms with E-state index in [0.717, 1.165) is 6.26 Å². The summed E-state index contributed by atoms with van der Waals surface area (Å²) in [5.41, 5.74) is 0.759. The molecule has 0 bridgehead atoms. The Bertz CT molecular complexity index is 932. The van der Waals surface area contributed by atoms with E-state index in [1.54, 1.807) is 12.1 Å². The predicted molar refractivity (Wildman–Crippen MR) is 91.4 cm³/mol. The summed E-state index contributed by atoms with van der Waals surface area (Å²) in [5.74, 6) is 0.199. The van der Waals surface area contributed by atoms with Crippen LogP contribution in [-0.2, 0) is 14.6 Å². The minimum atomic E-state index is -3.36. The monoisotopic (exact) mass is 360 g/mol. The maximum atomic E-state index is 12.0. The smallest absolute Gasteiger partial charge is 0.262 e. The van der Waals surface area contributed by atoms with Crippen molar-refractivity contribution in [1.29, 1.82) is 5.26 Å². The number of carbonyl (C=O) groups is 1. The van der Waals surface area contributed by atoms with Gasteiger partial charge in [-0.05, 0) is 30.3 Å². The fourth-order valence-electron chi connectivity index (χ4n) is 2.00. The molecule has 0 radical (unpaired) electrons. The summed E-state index contributed by atoms with van der Waals surface area (Å²) < 4.78 is 33.6. The Morgan fingerprint density at radius 1 is 1.20 bits per heavy atom. The van der Waals surface area contributed by atoms with Crippen molar-refractivity contribution in [2.45, 2.75) is 4.90 Å². The van der Waals surface area contributed by atoms with Gasteiger partial charge in [-0.1, -0.05) is 6.07 Å². The molecule has 1 N–H and O–H groups in total. The lowest BCUT2D eigenvalue weighted by Crippen LogP contribution is -2.20. The van der Waals surface area contributed by atoms with Crippen molar-refractivity contribution in [3.8, 4) is 17.6 Å². The quantitative estimate of drug-likeness (QED) is 0.844. The molecular weight excluding hydrogens is 344 g/mol. The third-order valence-corrected chi connectivity index (χ3v) is 4.31. The summed E-state index contributed by atoms with van der Waals surface area (Å²) in [6.45, 7) is -0.300. The Morgan fingerprint density at radius 3 is 2.60 bits per heavy atom.